The SMILES string of the molecule is C[C@H]1C[C@@H](C(=O)Nc2ccc3scnc3c2)CCN1. The number of nitrogens with zero attached hydrogens (tertiary/aromatic N) is 1. The Balaban J connectivity index is 1.71. The van der Waals surface area contributed by atoms with Crippen LogP contribution in [0, 0.1) is 5.92 Å². The van der Waals surface area contributed by atoms with E-state index in [4.69, 9.17) is 0 Å². The van der Waals surface area contributed by atoms with Gasteiger partial charge in [0.15, 0.2) is 0 Å². The summed E-state index contributed by atoms with van der Waals surface area (Å²) in [6.45, 7) is 3.05. The summed E-state index contributed by atoms with van der Waals surface area (Å²) in [6.07, 6.45) is 1.82. The second-order valence-electron chi connectivity index (χ2n) is 5.10. The van der Waals surface area contributed by atoms with Gasteiger partial charge in [-0.25, -0.2) is 4.98 Å². The van der Waals surface area contributed by atoms with Gasteiger partial charge in [0.1, 0.15) is 0 Å². The number of carbonyl (C=O) groups is 1. The lowest BCUT2D eigenvalue weighted by Crippen LogP contribution is -2.40. The van der Waals surface area contributed by atoms with E-state index in [0.717, 1.165) is 35.3 Å². The molecule has 0 spiro atoms. The largest absolute Gasteiger partial charge is 0.326 e. The van der Waals surface area contributed by atoms with Crippen molar-refractivity contribution in [2.45, 2.75) is 25.8 Å². The van der Waals surface area contributed by atoms with Crippen molar-refractivity contribution < 1.29 is 4.79 Å². The normalized spacial score (nSPS) is 23.4. The maximum absolute atomic E-state index is 12.2. The van der Waals surface area contributed by atoms with Gasteiger partial charge in [0, 0.05) is 17.6 Å². The van der Waals surface area contributed by atoms with Gasteiger partial charge in [0.25, 0.3) is 0 Å². The van der Waals surface area contributed by atoms with E-state index in [1.807, 2.05) is 23.7 Å². The topological polar surface area (TPSA) is 54.0 Å². The highest BCUT2D eigenvalue weighted by Gasteiger charge is 2.24. The summed E-state index contributed by atoms with van der Waals surface area (Å²) in [5, 5.41) is 6.37. The first-order valence-electron chi connectivity index (χ1n) is 6.60. The van der Waals surface area contributed by atoms with E-state index in [1.54, 1.807) is 11.3 Å². The Labute approximate surface area is 116 Å². The van der Waals surface area contributed by atoms with Crippen LogP contribution in [0.15, 0.2) is 23.7 Å². The van der Waals surface area contributed by atoms with Crippen molar-refractivity contribution in [2.24, 2.45) is 5.92 Å². The number of piperidine rings is 1. The maximum atomic E-state index is 12.2. The van der Waals surface area contributed by atoms with Crippen LogP contribution in [0.1, 0.15) is 19.8 Å². The molecule has 1 saturated heterocycles. The predicted octanol–water partition coefficient (Wildman–Crippen LogP) is 2.62. The quantitative estimate of drug-likeness (QED) is 0.886. The second-order valence-corrected chi connectivity index (χ2v) is 5.99. The lowest BCUT2D eigenvalue weighted by Gasteiger charge is -2.27. The zero-order valence-electron chi connectivity index (χ0n) is 10.8. The Hall–Kier alpha value is -1.46. The van der Waals surface area contributed by atoms with E-state index < -0.39 is 0 Å². The molecule has 1 amide bonds. The van der Waals surface area contributed by atoms with Gasteiger partial charge in [0.05, 0.1) is 15.7 Å². The summed E-state index contributed by atoms with van der Waals surface area (Å²) in [5.41, 5.74) is 3.61. The highest BCUT2D eigenvalue weighted by atomic mass is 32.1. The van der Waals surface area contributed by atoms with Gasteiger partial charge >= 0.3 is 0 Å². The number of aromatic nitrogens is 1. The molecular weight excluding hydrogens is 258 g/mol. The van der Waals surface area contributed by atoms with E-state index in [9.17, 15) is 4.79 Å². The Morgan fingerprint density at radius 2 is 2.42 bits per heavy atom. The Morgan fingerprint density at radius 3 is 3.26 bits per heavy atom. The second kappa shape index (κ2) is 5.27. The molecule has 1 fully saturated rings. The van der Waals surface area contributed by atoms with E-state index >= 15 is 0 Å². The van der Waals surface area contributed by atoms with Gasteiger partial charge in [-0.05, 0) is 44.5 Å². The predicted molar refractivity (Wildman–Crippen MR) is 78.4 cm³/mol. The number of carbonyl (C=O) groups excluding carboxylic acids is 1. The lowest BCUT2D eigenvalue weighted by atomic mass is 9.92. The molecule has 0 unspecified atom stereocenters. The minimum absolute atomic E-state index is 0.113. The van der Waals surface area contributed by atoms with Crippen LogP contribution >= 0.6 is 11.3 Å². The maximum Gasteiger partial charge on any atom is 0.227 e. The van der Waals surface area contributed by atoms with Crippen LogP contribution in [0.4, 0.5) is 5.69 Å². The highest BCUT2D eigenvalue weighted by Crippen LogP contribution is 2.23. The minimum Gasteiger partial charge on any atom is -0.326 e. The molecule has 1 aromatic heterocycles. The average Bonchev–Trinajstić information content (AvgIpc) is 2.86. The molecule has 0 radical (unpaired) electrons. The van der Waals surface area contributed by atoms with Crippen LogP contribution in [0.2, 0.25) is 0 Å². The van der Waals surface area contributed by atoms with Crippen LogP contribution in [0.3, 0.4) is 0 Å². The molecule has 5 heteroatoms. The Bertz CT molecular complexity index is 595. The molecule has 2 heterocycles. The molecule has 2 atom stereocenters. The molecule has 1 aliphatic rings. The summed E-state index contributed by atoms with van der Waals surface area (Å²) < 4.78 is 1.15. The molecular formula is C14H17N3OS. The Kier molecular flexibility index (Phi) is 3.48. The minimum atomic E-state index is 0.113. The molecule has 3 rings (SSSR count). The third-order valence-electron chi connectivity index (χ3n) is 3.59. The molecule has 2 N–H and O–H groups in total. The monoisotopic (exact) mass is 275 g/mol. The standard InChI is InChI=1S/C14H17N3OS/c1-9-6-10(4-5-15-9)14(18)17-11-2-3-13-12(7-11)16-8-19-13/h2-3,7-10,15H,4-6H2,1H3,(H,17,18)/t9-,10-/m0/s1. The summed E-state index contributed by atoms with van der Waals surface area (Å²) in [5.74, 6) is 0.241. The molecule has 100 valence electrons. The molecule has 0 saturated carbocycles. The van der Waals surface area contributed by atoms with E-state index in [2.05, 4.69) is 22.5 Å². The number of amides is 1. The summed E-state index contributed by atoms with van der Waals surface area (Å²) in [6, 6.07) is 6.32. The number of hydrogen-bond donors (Lipinski definition) is 2. The van der Waals surface area contributed by atoms with Crippen molar-refractivity contribution in [3.05, 3.63) is 23.7 Å². The summed E-state index contributed by atoms with van der Waals surface area (Å²) in [7, 11) is 0. The van der Waals surface area contributed by atoms with E-state index in [0.29, 0.717) is 6.04 Å². The highest BCUT2D eigenvalue weighted by molar-refractivity contribution is 7.16. The van der Waals surface area contributed by atoms with Crippen LogP contribution < -0.4 is 10.6 Å². The van der Waals surface area contributed by atoms with Crippen molar-refractivity contribution in [1.82, 2.24) is 10.3 Å². The Morgan fingerprint density at radius 1 is 1.53 bits per heavy atom. The third-order valence-corrected chi connectivity index (χ3v) is 4.40. The fourth-order valence-corrected chi connectivity index (χ4v) is 3.21. The average molecular weight is 275 g/mol. The van der Waals surface area contributed by atoms with Crippen molar-refractivity contribution in [3.63, 3.8) is 0 Å². The fraction of sp³-hybridized carbons (Fsp3) is 0.429. The molecule has 4 nitrogen and oxygen atoms in total. The number of benzene rings is 1. The number of hydrogen-bond acceptors (Lipinski definition) is 4. The van der Waals surface area contributed by atoms with E-state index in [1.165, 1.54) is 0 Å². The number of rotatable bonds is 2. The lowest BCUT2D eigenvalue weighted by molar-refractivity contribution is -0.120. The van der Waals surface area contributed by atoms with Crippen LogP contribution in [-0.4, -0.2) is 23.5 Å². The first-order chi connectivity index (χ1) is 9.22. The zero-order valence-corrected chi connectivity index (χ0v) is 11.7. The molecule has 1 aliphatic heterocycles. The number of fused-ring (bicyclic) bond motifs is 1. The molecule has 2 aromatic rings. The van der Waals surface area contributed by atoms with Gasteiger partial charge in [-0.1, -0.05) is 0 Å². The van der Waals surface area contributed by atoms with Crippen molar-refractivity contribution >= 4 is 33.1 Å². The zero-order chi connectivity index (χ0) is 13.2. The van der Waals surface area contributed by atoms with Gasteiger partial charge in [-0.3, -0.25) is 4.79 Å². The van der Waals surface area contributed by atoms with Crippen LogP contribution in [0.25, 0.3) is 10.2 Å². The van der Waals surface area contributed by atoms with Gasteiger partial charge < -0.3 is 10.6 Å². The first-order valence-corrected chi connectivity index (χ1v) is 7.48. The van der Waals surface area contributed by atoms with Crippen molar-refractivity contribution in [2.75, 3.05) is 11.9 Å². The fourth-order valence-electron chi connectivity index (χ4n) is 2.55. The molecule has 1 aromatic carbocycles. The van der Waals surface area contributed by atoms with E-state index in [-0.39, 0.29) is 11.8 Å². The number of nitrogens with one attached hydrogen (secondary N) is 2. The van der Waals surface area contributed by atoms with Crippen molar-refractivity contribution in [1.29, 1.82) is 0 Å². The molecule has 19 heavy (non-hydrogen) atoms. The summed E-state index contributed by atoms with van der Waals surface area (Å²) >= 11 is 1.61. The van der Waals surface area contributed by atoms with Gasteiger partial charge in [-0.2, -0.15) is 0 Å². The summed E-state index contributed by atoms with van der Waals surface area (Å²) in [4.78, 5) is 16.5. The molecule has 0 aliphatic carbocycles. The first kappa shape index (κ1) is 12.6. The van der Waals surface area contributed by atoms with Crippen LogP contribution in [0.5, 0.6) is 0 Å². The number of thiazole rings is 1. The van der Waals surface area contributed by atoms with Crippen molar-refractivity contribution in [3.8, 4) is 0 Å². The third kappa shape index (κ3) is 2.77. The molecule has 0 bridgehead atoms. The smallest absolute Gasteiger partial charge is 0.227 e. The number of anilines is 1. The van der Waals surface area contributed by atoms with Gasteiger partial charge in [-0.15, -0.1) is 11.3 Å². The van der Waals surface area contributed by atoms with Gasteiger partial charge in [0.2, 0.25) is 5.91 Å². The van der Waals surface area contributed by atoms with Crippen LogP contribution in [-0.2, 0) is 4.79 Å².